The Morgan fingerprint density at radius 1 is 0.533 bits per heavy atom. The fourth-order valence-corrected chi connectivity index (χ4v) is 10.4. The van der Waals surface area contributed by atoms with Gasteiger partial charge in [0, 0.05) is 41.1 Å². The van der Waals surface area contributed by atoms with Crippen LogP contribution in [0.15, 0.2) is 36.4 Å². The summed E-state index contributed by atoms with van der Waals surface area (Å²) in [7, 11) is 0. The second-order valence-corrected chi connectivity index (χ2v) is 20.7. The van der Waals surface area contributed by atoms with E-state index in [1.54, 1.807) is 34.0 Å². The van der Waals surface area contributed by atoms with Crippen LogP contribution in [-0.2, 0) is 48.8 Å². The van der Waals surface area contributed by atoms with E-state index in [1.807, 2.05) is 11.3 Å². The molecule has 17 heteroatoms. The lowest BCUT2D eigenvalue weighted by molar-refractivity contribution is -0.133. The Morgan fingerprint density at radius 3 is 1.50 bits per heavy atom. The van der Waals surface area contributed by atoms with Crippen molar-refractivity contribution in [3.8, 4) is 40.8 Å². The average Bonchev–Trinajstić information content (AvgIpc) is 4.02. The molecule has 0 saturated heterocycles. The summed E-state index contributed by atoms with van der Waals surface area (Å²) in [5.41, 5.74) is 5.34. The van der Waals surface area contributed by atoms with Crippen LogP contribution in [0.5, 0.6) is 11.5 Å². The molecule has 4 heterocycles. The van der Waals surface area contributed by atoms with Gasteiger partial charge in [0.25, 0.3) is 0 Å². The Kier molecular flexibility index (Phi) is 22.9. The minimum Gasteiger partial charge on any atom is -0.490 e. The third-order valence-corrected chi connectivity index (χ3v) is 15.0. The van der Waals surface area contributed by atoms with Gasteiger partial charge in [-0.25, -0.2) is 0 Å². The number of aliphatic carboxylic acids is 1. The Morgan fingerprint density at radius 2 is 0.983 bits per heavy atom. The standard InChI is InChI=1S/C43H63NO11S5/c1-42(2,3)37-10-9-35(58-37)40-31(54-23-21-50-15-13-47-11-12-49-19-20-53-30-44)27-36(59-40)33-7-8-34(57-33)41-32(28-38(60-41)43(4,5)6)55-24-22-51-16-14-48-17-18-52-25-26-56-29-39(45)46/h7-10,27-28H,11-26,29-30,44H2,1-6H3,(H,45,46). The molecule has 0 aliphatic rings. The molecule has 0 saturated carbocycles. The summed E-state index contributed by atoms with van der Waals surface area (Å²) < 4.78 is 51.5. The lowest BCUT2D eigenvalue weighted by Crippen LogP contribution is -2.14. The van der Waals surface area contributed by atoms with Crippen LogP contribution in [0.1, 0.15) is 51.3 Å². The predicted molar refractivity (Wildman–Crippen MR) is 248 cm³/mol. The van der Waals surface area contributed by atoms with Gasteiger partial charge in [0.2, 0.25) is 0 Å². The van der Waals surface area contributed by atoms with Gasteiger partial charge in [-0.1, -0.05) is 41.5 Å². The van der Waals surface area contributed by atoms with Crippen molar-refractivity contribution in [2.24, 2.45) is 5.73 Å². The second-order valence-electron chi connectivity index (χ2n) is 15.3. The summed E-state index contributed by atoms with van der Waals surface area (Å²) >= 11 is 8.46. The summed E-state index contributed by atoms with van der Waals surface area (Å²) in [4.78, 5) is 20.1. The van der Waals surface area contributed by atoms with Gasteiger partial charge in [-0.05, 0) is 41.2 Å². The zero-order valence-electron chi connectivity index (χ0n) is 35.8. The smallest absolute Gasteiger partial charge is 0.313 e. The van der Waals surface area contributed by atoms with Crippen LogP contribution >= 0.6 is 57.1 Å². The van der Waals surface area contributed by atoms with E-state index in [1.165, 1.54) is 31.3 Å². The van der Waals surface area contributed by atoms with Crippen LogP contribution in [0.2, 0.25) is 0 Å². The fraction of sp³-hybridized carbons (Fsp3) is 0.605. The molecule has 0 aromatic carbocycles. The summed E-state index contributed by atoms with van der Waals surface area (Å²) in [5.74, 6) is 1.66. The first-order valence-corrected chi connectivity index (χ1v) is 24.6. The van der Waals surface area contributed by atoms with Crippen molar-refractivity contribution in [1.82, 2.24) is 0 Å². The number of thioether (sulfide) groups is 1. The van der Waals surface area contributed by atoms with Gasteiger partial charge in [-0.15, -0.1) is 57.1 Å². The normalized spacial score (nSPS) is 12.1. The van der Waals surface area contributed by atoms with Gasteiger partial charge >= 0.3 is 5.97 Å². The van der Waals surface area contributed by atoms with Crippen LogP contribution in [0, 0.1) is 0 Å². The van der Waals surface area contributed by atoms with Crippen molar-refractivity contribution in [2.75, 3.05) is 117 Å². The highest BCUT2D eigenvalue weighted by Crippen LogP contribution is 2.51. The highest BCUT2D eigenvalue weighted by Gasteiger charge is 2.24. The van der Waals surface area contributed by atoms with Crippen molar-refractivity contribution >= 4 is 63.1 Å². The van der Waals surface area contributed by atoms with E-state index < -0.39 is 5.97 Å². The van der Waals surface area contributed by atoms with Crippen molar-refractivity contribution in [3.63, 3.8) is 0 Å². The van der Waals surface area contributed by atoms with Gasteiger partial charge in [0.15, 0.2) is 0 Å². The predicted octanol–water partition coefficient (Wildman–Crippen LogP) is 9.14. The summed E-state index contributed by atoms with van der Waals surface area (Å²) in [6, 6.07) is 13.2. The highest BCUT2D eigenvalue weighted by atomic mass is 32.2. The number of hydrogen-bond donors (Lipinski definition) is 2. The topological polar surface area (TPSA) is 146 Å². The average molecular weight is 930 g/mol. The first-order chi connectivity index (χ1) is 28.9. The Hall–Kier alpha value is -2.10. The van der Waals surface area contributed by atoms with Crippen LogP contribution in [0.3, 0.4) is 0 Å². The maximum absolute atomic E-state index is 10.6. The molecule has 4 aromatic rings. The van der Waals surface area contributed by atoms with Gasteiger partial charge in [0.05, 0.1) is 108 Å². The van der Waals surface area contributed by atoms with E-state index in [9.17, 15) is 4.79 Å². The molecule has 0 aliphatic carbocycles. The molecule has 0 bridgehead atoms. The number of carbonyl (C=O) groups is 1. The fourth-order valence-electron chi connectivity index (χ4n) is 5.24. The maximum Gasteiger partial charge on any atom is 0.313 e. The van der Waals surface area contributed by atoms with E-state index in [4.69, 9.17) is 53.5 Å². The molecule has 0 amide bonds. The molecule has 0 aliphatic heterocycles. The Labute approximate surface area is 375 Å². The molecule has 12 nitrogen and oxygen atoms in total. The van der Waals surface area contributed by atoms with E-state index in [2.05, 4.69) is 77.9 Å². The van der Waals surface area contributed by atoms with Crippen molar-refractivity contribution in [3.05, 3.63) is 46.2 Å². The summed E-state index contributed by atoms with van der Waals surface area (Å²) in [5, 5.41) is 8.68. The van der Waals surface area contributed by atoms with E-state index in [0.717, 1.165) is 31.0 Å². The molecule has 0 unspecified atom stereocenters. The number of nitrogens with two attached hydrogens (primary N) is 1. The lowest BCUT2D eigenvalue weighted by Gasteiger charge is -2.15. The summed E-state index contributed by atoms with van der Waals surface area (Å²) in [6.07, 6.45) is 0. The zero-order chi connectivity index (χ0) is 43.2. The van der Waals surface area contributed by atoms with Gasteiger partial charge in [-0.2, -0.15) is 0 Å². The van der Waals surface area contributed by atoms with Crippen molar-refractivity contribution in [2.45, 2.75) is 52.4 Å². The SMILES string of the molecule is CC(C)(C)c1ccc(-c2sc(-c3ccc(-c4sc(C(C)(C)C)cc4OCCOCCOCCOCCSCC(=O)O)s3)cc2OCCOCCOCCOCCOCN)s1. The third-order valence-electron chi connectivity index (χ3n) is 8.32. The number of carboxylic acid groups (broad SMARTS) is 1. The van der Waals surface area contributed by atoms with E-state index in [-0.39, 0.29) is 23.3 Å². The minimum absolute atomic E-state index is 0.0241. The molecule has 0 spiro atoms. The number of hydrogen-bond acceptors (Lipinski definition) is 16. The molecule has 3 N–H and O–H groups in total. The third kappa shape index (κ3) is 18.3. The first kappa shape index (κ1) is 50.5. The van der Waals surface area contributed by atoms with E-state index in [0.29, 0.717) is 105 Å². The molecular weight excluding hydrogens is 867 g/mol. The quantitative estimate of drug-likeness (QED) is 0.0355. The first-order valence-electron chi connectivity index (χ1n) is 20.2. The number of rotatable bonds is 32. The van der Waals surface area contributed by atoms with Crippen LogP contribution < -0.4 is 15.2 Å². The van der Waals surface area contributed by atoms with Crippen LogP contribution in [0.4, 0.5) is 0 Å². The Bertz CT molecular complexity index is 1790. The molecule has 0 radical (unpaired) electrons. The van der Waals surface area contributed by atoms with Crippen LogP contribution in [-0.4, -0.2) is 128 Å². The maximum atomic E-state index is 10.6. The lowest BCUT2D eigenvalue weighted by atomic mass is 9.95. The molecule has 0 fully saturated rings. The van der Waals surface area contributed by atoms with Gasteiger partial charge in [-0.3, -0.25) is 4.79 Å². The monoisotopic (exact) mass is 929 g/mol. The van der Waals surface area contributed by atoms with Gasteiger partial charge < -0.3 is 53.5 Å². The molecule has 60 heavy (non-hydrogen) atoms. The second kappa shape index (κ2) is 27.2. The molecule has 4 rings (SSSR count). The molecule has 336 valence electrons. The highest BCUT2D eigenvalue weighted by molar-refractivity contribution is 7.99. The largest absolute Gasteiger partial charge is 0.490 e. The van der Waals surface area contributed by atoms with Gasteiger partial charge in [0.1, 0.15) is 24.7 Å². The van der Waals surface area contributed by atoms with Crippen molar-refractivity contribution in [1.29, 1.82) is 0 Å². The number of thiophene rings is 4. The Balaban J connectivity index is 1.31. The number of carboxylic acids is 1. The molecular formula is C43H63NO11S5. The van der Waals surface area contributed by atoms with Crippen LogP contribution in [0.25, 0.3) is 29.3 Å². The summed E-state index contributed by atoms with van der Waals surface area (Å²) in [6.45, 7) is 20.6. The molecule has 4 aromatic heterocycles. The minimum atomic E-state index is -0.812. The molecule has 0 atom stereocenters. The van der Waals surface area contributed by atoms with E-state index >= 15 is 0 Å². The number of ether oxygens (including phenoxy) is 9. The van der Waals surface area contributed by atoms with Crippen molar-refractivity contribution < 1.29 is 52.5 Å². The zero-order valence-corrected chi connectivity index (χ0v) is 39.9.